The van der Waals surface area contributed by atoms with Crippen LogP contribution in [0.1, 0.15) is 43.6 Å². The van der Waals surface area contributed by atoms with E-state index in [9.17, 15) is 4.79 Å². The zero-order valence-corrected chi connectivity index (χ0v) is 13.1. The molecule has 23 heavy (non-hydrogen) atoms. The number of nitrogens with one attached hydrogen (secondary N) is 1. The van der Waals surface area contributed by atoms with E-state index in [0.717, 1.165) is 16.6 Å². The molecule has 3 aromatic rings. The normalized spacial score (nSPS) is 15.8. The molecule has 1 fully saturated rings. The Morgan fingerprint density at radius 1 is 0.870 bits per heavy atom. The van der Waals surface area contributed by atoms with Gasteiger partial charge in [0, 0.05) is 10.9 Å². The van der Waals surface area contributed by atoms with Crippen LogP contribution in [0.2, 0.25) is 0 Å². The Morgan fingerprint density at radius 3 is 2.30 bits per heavy atom. The predicted molar refractivity (Wildman–Crippen MR) is 93.6 cm³/mol. The number of benzene rings is 2. The Labute approximate surface area is 135 Å². The SMILES string of the molecule is O=c1[nH]nc(-c2ccc(C3CCCCC3)cc2)c2ccccc12. The largest absolute Gasteiger partial charge is 0.272 e. The van der Waals surface area contributed by atoms with Crippen molar-refractivity contribution in [3.8, 4) is 11.3 Å². The fourth-order valence-corrected chi connectivity index (χ4v) is 3.68. The van der Waals surface area contributed by atoms with Crippen LogP contribution < -0.4 is 5.56 Å². The average molecular weight is 304 g/mol. The molecule has 0 amide bonds. The van der Waals surface area contributed by atoms with Gasteiger partial charge in [0.25, 0.3) is 5.56 Å². The fourth-order valence-electron chi connectivity index (χ4n) is 3.68. The summed E-state index contributed by atoms with van der Waals surface area (Å²) in [6.07, 6.45) is 6.68. The maximum atomic E-state index is 11.9. The Bertz CT molecular complexity index is 874. The van der Waals surface area contributed by atoms with Crippen molar-refractivity contribution in [2.24, 2.45) is 0 Å². The predicted octanol–water partition coefficient (Wildman–Crippen LogP) is 4.64. The van der Waals surface area contributed by atoms with Gasteiger partial charge in [-0.15, -0.1) is 0 Å². The molecule has 2 aromatic carbocycles. The van der Waals surface area contributed by atoms with Gasteiger partial charge < -0.3 is 0 Å². The van der Waals surface area contributed by atoms with Gasteiger partial charge in [0.2, 0.25) is 0 Å². The highest BCUT2D eigenvalue weighted by molar-refractivity contribution is 5.93. The van der Waals surface area contributed by atoms with E-state index >= 15 is 0 Å². The van der Waals surface area contributed by atoms with Crippen molar-refractivity contribution in [3.05, 3.63) is 64.4 Å². The molecule has 1 aromatic heterocycles. The first-order chi connectivity index (χ1) is 11.3. The Morgan fingerprint density at radius 2 is 1.57 bits per heavy atom. The Hall–Kier alpha value is -2.42. The topological polar surface area (TPSA) is 45.8 Å². The van der Waals surface area contributed by atoms with Gasteiger partial charge in [-0.2, -0.15) is 5.10 Å². The second-order valence-electron chi connectivity index (χ2n) is 6.40. The molecule has 1 heterocycles. The fraction of sp³-hybridized carbons (Fsp3) is 0.300. The molecular formula is C20H20N2O. The van der Waals surface area contributed by atoms with Crippen LogP contribution in [0.3, 0.4) is 0 Å². The molecule has 116 valence electrons. The highest BCUT2D eigenvalue weighted by Gasteiger charge is 2.16. The van der Waals surface area contributed by atoms with Gasteiger partial charge in [-0.3, -0.25) is 4.79 Å². The highest BCUT2D eigenvalue weighted by Crippen LogP contribution is 2.33. The second kappa shape index (κ2) is 5.99. The minimum atomic E-state index is -0.136. The first kappa shape index (κ1) is 14.2. The summed E-state index contributed by atoms with van der Waals surface area (Å²) in [6.45, 7) is 0. The van der Waals surface area contributed by atoms with Gasteiger partial charge in [-0.05, 0) is 30.4 Å². The van der Waals surface area contributed by atoms with Crippen molar-refractivity contribution in [3.63, 3.8) is 0 Å². The lowest BCUT2D eigenvalue weighted by Gasteiger charge is -2.22. The number of hydrogen-bond acceptors (Lipinski definition) is 2. The van der Waals surface area contributed by atoms with Crippen LogP contribution in [0, 0.1) is 0 Å². The summed E-state index contributed by atoms with van der Waals surface area (Å²) < 4.78 is 0. The van der Waals surface area contributed by atoms with E-state index in [0.29, 0.717) is 11.3 Å². The highest BCUT2D eigenvalue weighted by atomic mass is 16.1. The van der Waals surface area contributed by atoms with E-state index in [2.05, 4.69) is 34.5 Å². The average Bonchev–Trinajstić information content (AvgIpc) is 2.63. The van der Waals surface area contributed by atoms with Crippen LogP contribution in [0.15, 0.2) is 53.3 Å². The number of nitrogens with zero attached hydrogens (tertiary/aromatic N) is 1. The van der Waals surface area contributed by atoms with Gasteiger partial charge in [0.1, 0.15) is 0 Å². The number of aromatic nitrogens is 2. The smallest absolute Gasteiger partial charge is 0.267 e. The lowest BCUT2D eigenvalue weighted by molar-refractivity contribution is 0.443. The van der Waals surface area contributed by atoms with Gasteiger partial charge in [-0.25, -0.2) is 5.10 Å². The molecule has 0 saturated heterocycles. The third-order valence-electron chi connectivity index (χ3n) is 4.96. The van der Waals surface area contributed by atoms with Gasteiger partial charge in [0.15, 0.2) is 0 Å². The lowest BCUT2D eigenvalue weighted by Crippen LogP contribution is -2.09. The summed E-state index contributed by atoms with van der Waals surface area (Å²) in [7, 11) is 0. The molecule has 1 aliphatic rings. The molecule has 3 heteroatoms. The molecule has 1 aliphatic carbocycles. The molecule has 0 bridgehead atoms. The first-order valence-electron chi connectivity index (χ1n) is 8.41. The number of rotatable bonds is 2. The summed E-state index contributed by atoms with van der Waals surface area (Å²) in [5.41, 5.74) is 3.19. The van der Waals surface area contributed by atoms with Crippen molar-refractivity contribution in [2.75, 3.05) is 0 Å². The van der Waals surface area contributed by atoms with Crippen LogP contribution in [0.25, 0.3) is 22.0 Å². The minimum absolute atomic E-state index is 0.136. The zero-order chi connectivity index (χ0) is 15.6. The van der Waals surface area contributed by atoms with Gasteiger partial charge in [0.05, 0.1) is 11.1 Å². The van der Waals surface area contributed by atoms with E-state index in [1.807, 2.05) is 24.3 Å². The molecule has 1 N–H and O–H groups in total. The third kappa shape index (κ3) is 2.67. The van der Waals surface area contributed by atoms with E-state index in [1.165, 1.54) is 37.7 Å². The third-order valence-corrected chi connectivity index (χ3v) is 4.96. The maximum absolute atomic E-state index is 11.9. The first-order valence-corrected chi connectivity index (χ1v) is 8.41. The van der Waals surface area contributed by atoms with Crippen LogP contribution >= 0.6 is 0 Å². The van der Waals surface area contributed by atoms with E-state index < -0.39 is 0 Å². The zero-order valence-electron chi connectivity index (χ0n) is 13.1. The van der Waals surface area contributed by atoms with Crippen molar-refractivity contribution in [2.45, 2.75) is 38.0 Å². The minimum Gasteiger partial charge on any atom is -0.267 e. The van der Waals surface area contributed by atoms with Crippen LogP contribution in [0.4, 0.5) is 0 Å². The Balaban J connectivity index is 1.74. The molecule has 0 aliphatic heterocycles. The molecule has 0 radical (unpaired) electrons. The van der Waals surface area contributed by atoms with Crippen molar-refractivity contribution >= 4 is 10.8 Å². The van der Waals surface area contributed by atoms with Crippen LogP contribution in [0.5, 0.6) is 0 Å². The monoisotopic (exact) mass is 304 g/mol. The molecule has 0 atom stereocenters. The molecule has 1 saturated carbocycles. The standard InChI is InChI=1S/C20H20N2O/c23-20-18-9-5-4-8-17(18)19(21-22-20)16-12-10-15(11-13-16)14-6-2-1-3-7-14/h4-5,8-14H,1-3,6-7H2,(H,22,23). The van der Waals surface area contributed by atoms with Crippen molar-refractivity contribution in [1.82, 2.24) is 10.2 Å². The van der Waals surface area contributed by atoms with Crippen molar-refractivity contribution in [1.29, 1.82) is 0 Å². The summed E-state index contributed by atoms with van der Waals surface area (Å²) in [5.74, 6) is 0.707. The number of H-pyrrole nitrogens is 1. The van der Waals surface area contributed by atoms with Crippen molar-refractivity contribution < 1.29 is 0 Å². The summed E-state index contributed by atoms with van der Waals surface area (Å²) in [4.78, 5) is 11.9. The quantitative estimate of drug-likeness (QED) is 0.749. The van der Waals surface area contributed by atoms with E-state index in [1.54, 1.807) is 0 Å². The van der Waals surface area contributed by atoms with E-state index in [-0.39, 0.29) is 5.56 Å². The van der Waals surface area contributed by atoms with Gasteiger partial charge in [-0.1, -0.05) is 61.7 Å². The molecule has 4 rings (SSSR count). The maximum Gasteiger partial charge on any atom is 0.272 e. The van der Waals surface area contributed by atoms with Crippen LogP contribution in [-0.2, 0) is 0 Å². The second-order valence-corrected chi connectivity index (χ2v) is 6.40. The summed E-state index contributed by atoms with van der Waals surface area (Å²) in [5, 5.41) is 8.49. The number of hydrogen-bond donors (Lipinski definition) is 1. The number of aromatic amines is 1. The number of fused-ring (bicyclic) bond motifs is 1. The molecular weight excluding hydrogens is 284 g/mol. The summed E-state index contributed by atoms with van der Waals surface area (Å²) in [6, 6.07) is 16.4. The lowest BCUT2D eigenvalue weighted by atomic mass is 9.84. The van der Waals surface area contributed by atoms with Gasteiger partial charge >= 0.3 is 0 Å². The van der Waals surface area contributed by atoms with E-state index in [4.69, 9.17) is 0 Å². The molecule has 0 spiro atoms. The summed E-state index contributed by atoms with van der Waals surface area (Å²) >= 11 is 0. The Kier molecular flexibility index (Phi) is 3.70. The molecule has 3 nitrogen and oxygen atoms in total. The van der Waals surface area contributed by atoms with Crippen LogP contribution in [-0.4, -0.2) is 10.2 Å². The molecule has 0 unspecified atom stereocenters.